The third-order valence-electron chi connectivity index (χ3n) is 3.31. The Balaban J connectivity index is 2.16. The molecule has 0 bridgehead atoms. The van der Waals surface area contributed by atoms with Gasteiger partial charge in [-0.1, -0.05) is 13.8 Å². The summed E-state index contributed by atoms with van der Waals surface area (Å²) in [5, 5.41) is 4.72. The van der Waals surface area contributed by atoms with Crippen LogP contribution in [-0.4, -0.2) is 18.1 Å². The van der Waals surface area contributed by atoms with E-state index < -0.39 is 0 Å². The first-order valence-electron chi connectivity index (χ1n) is 6.62. The fraction of sp³-hybridized carbons (Fsp3) is 0.467. The molecule has 4 heteroatoms. The van der Waals surface area contributed by atoms with Gasteiger partial charge in [0, 0.05) is 16.4 Å². The van der Waals surface area contributed by atoms with Crippen LogP contribution in [0.5, 0.6) is 0 Å². The van der Waals surface area contributed by atoms with Crippen molar-refractivity contribution in [3.05, 3.63) is 35.8 Å². The predicted octanol–water partition coefficient (Wildman–Crippen LogP) is 4.36. The summed E-state index contributed by atoms with van der Waals surface area (Å²) < 4.78 is 19.0. The van der Waals surface area contributed by atoms with E-state index in [1.54, 1.807) is 6.07 Å². The van der Waals surface area contributed by atoms with Gasteiger partial charge in [0.05, 0.1) is 6.04 Å². The lowest BCUT2D eigenvalue weighted by Gasteiger charge is -2.15. The zero-order valence-corrected chi connectivity index (χ0v) is 12.4. The van der Waals surface area contributed by atoms with Crippen molar-refractivity contribution in [3.8, 4) is 0 Å². The van der Waals surface area contributed by atoms with Crippen molar-refractivity contribution in [3.63, 3.8) is 0 Å². The van der Waals surface area contributed by atoms with Gasteiger partial charge in [0.1, 0.15) is 17.2 Å². The Morgan fingerprint density at radius 2 is 2.16 bits per heavy atom. The van der Waals surface area contributed by atoms with E-state index in [-0.39, 0.29) is 11.9 Å². The molecule has 1 aromatic carbocycles. The molecule has 2 aromatic rings. The minimum atomic E-state index is -0.227. The van der Waals surface area contributed by atoms with Crippen LogP contribution in [0.2, 0.25) is 0 Å². The van der Waals surface area contributed by atoms with Crippen LogP contribution in [0.1, 0.15) is 32.1 Å². The second kappa shape index (κ2) is 6.44. The van der Waals surface area contributed by atoms with Crippen LogP contribution in [0.4, 0.5) is 4.39 Å². The third kappa shape index (κ3) is 3.51. The van der Waals surface area contributed by atoms with Gasteiger partial charge in [-0.2, -0.15) is 11.8 Å². The van der Waals surface area contributed by atoms with Gasteiger partial charge in [-0.25, -0.2) is 4.39 Å². The average Bonchev–Trinajstić information content (AvgIpc) is 2.81. The molecule has 0 radical (unpaired) electrons. The predicted molar refractivity (Wildman–Crippen MR) is 80.2 cm³/mol. The van der Waals surface area contributed by atoms with Gasteiger partial charge in [0.25, 0.3) is 0 Å². The molecule has 0 spiro atoms. The van der Waals surface area contributed by atoms with E-state index in [9.17, 15) is 4.39 Å². The normalized spacial score (nSPS) is 14.7. The van der Waals surface area contributed by atoms with Crippen molar-refractivity contribution < 1.29 is 8.81 Å². The summed E-state index contributed by atoms with van der Waals surface area (Å²) in [7, 11) is 1.93. The van der Waals surface area contributed by atoms with Gasteiger partial charge in [0.15, 0.2) is 0 Å². The summed E-state index contributed by atoms with van der Waals surface area (Å²) in [5.41, 5.74) is 0.741. The van der Waals surface area contributed by atoms with Crippen LogP contribution >= 0.6 is 11.8 Å². The van der Waals surface area contributed by atoms with Crippen LogP contribution in [0, 0.1) is 5.82 Å². The summed E-state index contributed by atoms with van der Waals surface area (Å²) in [4.78, 5) is 0. The van der Waals surface area contributed by atoms with Crippen molar-refractivity contribution in [1.82, 2.24) is 5.32 Å². The van der Waals surface area contributed by atoms with E-state index in [1.807, 2.05) is 24.9 Å². The molecule has 0 saturated carbocycles. The van der Waals surface area contributed by atoms with Crippen LogP contribution in [0.15, 0.2) is 28.7 Å². The molecule has 1 heterocycles. The van der Waals surface area contributed by atoms with Gasteiger partial charge in [-0.05, 0) is 37.7 Å². The topological polar surface area (TPSA) is 25.2 Å². The highest BCUT2D eigenvalue weighted by atomic mass is 32.2. The second-order valence-electron chi connectivity index (χ2n) is 4.72. The Bertz CT molecular complexity index is 540. The van der Waals surface area contributed by atoms with E-state index >= 15 is 0 Å². The highest BCUT2D eigenvalue weighted by Crippen LogP contribution is 2.28. The molecule has 2 rings (SSSR count). The van der Waals surface area contributed by atoms with E-state index in [4.69, 9.17) is 4.42 Å². The smallest absolute Gasteiger partial charge is 0.134 e. The molecule has 1 aromatic heterocycles. The Hall–Kier alpha value is -1.00. The largest absolute Gasteiger partial charge is 0.459 e. The first kappa shape index (κ1) is 14.4. The highest BCUT2D eigenvalue weighted by Gasteiger charge is 2.16. The Morgan fingerprint density at radius 1 is 1.37 bits per heavy atom. The third-order valence-corrected chi connectivity index (χ3v) is 4.74. The van der Waals surface area contributed by atoms with Gasteiger partial charge in [0.2, 0.25) is 0 Å². The van der Waals surface area contributed by atoms with Crippen molar-refractivity contribution in [2.45, 2.75) is 31.6 Å². The standard InChI is InChI=1S/C15H20FNOS/c1-4-10(2)19-9-13(17-3)15-8-11-7-12(16)5-6-14(11)18-15/h5-8,10,13,17H,4,9H2,1-3H3. The first-order valence-corrected chi connectivity index (χ1v) is 7.66. The maximum absolute atomic E-state index is 13.2. The molecule has 1 N–H and O–H groups in total. The fourth-order valence-corrected chi connectivity index (χ4v) is 2.98. The fourth-order valence-electron chi connectivity index (χ4n) is 1.89. The minimum Gasteiger partial charge on any atom is -0.459 e. The number of fused-ring (bicyclic) bond motifs is 1. The minimum absolute atomic E-state index is 0.162. The molecule has 0 amide bonds. The molecule has 19 heavy (non-hydrogen) atoms. The average molecular weight is 281 g/mol. The number of rotatable bonds is 6. The molecule has 0 fully saturated rings. The molecule has 0 saturated heterocycles. The number of hydrogen-bond acceptors (Lipinski definition) is 3. The number of thioether (sulfide) groups is 1. The van der Waals surface area contributed by atoms with Crippen molar-refractivity contribution in [2.75, 3.05) is 12.8 Å². The van der Waals surface area contributed by atoms with Crippen molar-refractivity contribution in [2.24, 2.45) is 0 Å². The summed E-state index contributed by atoms with van der Waals surface area (Å²) in [6.45, 7) is 4.42. The summed E-state index contributed by atoms with van der Waals surface area (Å²) in [6.07, 6.45) is 1.16. The SMILES string of the molecule is CCC(C)SCC(NC)c1cc2cc(F)ccc2o1. The molecule has 104 valence electrons. The van der Waals surface area contributed by atoms with E-state index in [2.05, 4.69) is 19.2 Å². The van der Waals surface area contributed by atoms with E-state index in [0.717, 1.165) is 28.9 Å². The summed E-state index contributed by atoms with van der Waals surface area (Å²) in [5.74, 6) is 1.60. The summed E-state index contributed by atoms with van der Waals surface area (Å²) in [6, 6.07) is 6.71. The molecule has 2 atom stereocenters. The Morgan fingerprint density at radius 3 is 2.84 bits per heavy atom. The monoisotopic (exact) mass is 281 g/mol. The van der Waals surface area contributed by atoms with Gasteiger partial charge < -0.3 is 9.73 Å². The van der Waals surface area contributed by atoms with Gasteiger partial charge >= 0.3 is 0 Å². The number of nitrogens with one attached hydrogen (secondary N) is 1. The highest BCUT2D eigenvalue weighted by molar-refractivity contribution is 7.99. The van der Waals surface area contributed by atoms with E-state index in [1.165, 1.54) is 12.1 Å². The van der Waals surface area contributed by atoms with Crippen LogP contribution in [-0.2, 0) is 0 Å². The second-order valence-corrected chi connectivity index (χ2v) is 6.20. The molecule has 0 aliphatic carbocycles. The number of benzene rings is 1. The molecule has 2 nitrogen and oxygen atoms in total. The lowest BCUT2D eigenvalue weighted by molar-refractivity contribution is 0.478. The van der Waals surface area contributed by atoms with Gasteiger partial charge in [-0.3, -0.25) is 0 Å². The number of furan rings is 1. The van der Waals surface area contributed by atoms with E-state index in [0.29, 0.717) is 5.25 Å². The molecule has 0 aliphatic heterocycles. The zero-order valence-electron chi connectivity index (χ0n) is 11.6. The Labute approximate surface area is 117 Å². The van der Waals surface area contributed by atoms with Crippen LogP contribution in [0.3, 0.4) is 0 Å². The zero-order chi connectivity index (χ0) is 13.8. The number of halogens is 1. The molecule has 2 unspecified atom stereocenters. The number of hydrogen-bond donors (Lipinski definition) is 1. The maximum atomic E-state index is 13.2. The van der Waals surface area contributed by atoms with Crippen LogP contribution in [0.25, 0.3) is 11.0 Å². The molecular formula is C15H20FNOS. The quantitative estimate of drug-likeness (QED) is 0.851. The molecule has 0 aliphatic rings. The first-order chi connectivity index (χ1) is 9.13. The van der Waals surface area contributed by atoms with Gasteiger partial charge in [-0.15, -0.1) is 0 Å². The lowest BCUT2D eigenvalue weighted by atomic mass is 10.2. The van der Waals surface area contributed by atoms with Crippen LogP contribution < -0.4 is 5.32 Å². The molecular weight excluding hydrogens is 261 g/mol. The maximum Gasteiger partial charge on any atom is 0.134 e. The Kier molecular flexibility index (Phi) is 4.88. The van der Waals surface area contributed by atoms with Crippen molar-refractivity contribution in [1.29, 1.82) is 0 Å². The van der Waals surface area contributed by atoms with Crippen molar-refractivity contribution >= 4 is 22.7 Å². The lowest BCUT2D eigenvalue weighted by Crippen LogP contribution is -2.19. The summed E-state index contributed by atoms with van der Waals surface area (Å²) >= 11 is 1.92.